The predicted molar refractivity (Wildman–Crippen MR) is 68.2 cm³/mol. The lowest BCUT2D eigenvalue weighted by Gasteiger charge is -2.05. The molecule has 2 aromatic rings. The van der Waals surface area contributed by atoms with Crippen LogP contribution in [0.4, 0.5) is 5.69 Å². The van der Waals surface area contributed by atoms with Crippen LogP contribution in [0, 0.1) is 6.92 Å². The lowest BCUT2D eigenvalue weighted by molar-refractivity contribution is 0.943. The van der Waals surface area contributed by atoms with Crippen LogP contribution in [0.1, 0.15) is 11.4 Å². The fourth-order valence-corrected chi connectivity index (χ4v) is 1.49. The molecule has 82 valence electrons. The van der Waals surface area contributed by atoms with Crippen molar-refractivity contribution in [1.29, 1.82) is 0 Å². The molecule has 0 saturated heterocycles. The summed E-state index contributed by atoms with van der Waals surface area (Å²) in [7, 11) is 0. The summed E-state index contributed by atoms with van der Waals surface area (Å²) in [6.07, 6.45) is 3.50. The van der Waals surface area contributed by atoms with Gasteiger partial charge in [-0.3, -0.25) is 0 Å². The van der Waals surface area contributed by atoms with Gasteiger partial charge in [0, 0.05) is 18.1 Å². The van der Waals surface area contributed by atoms with E-state index in [9.17, 15) is 0 Å². The summed E-state index contributed by atoms with van der Waals surface area (Å²) in [5.41, 5.74) is 2.34. The lowest BCUT2D eigenvalue weighted by atomic mass is 10.2. The Morgan fingerprint density at radius 3 is 2.38 bits per heavy atom. The lowest BCUT2D eigenvalue weighted by Crippen LogP contribution is -2.03. The average Bonchev–Trinajstić information content (AvgIpc) is 2.30. The van der Waals surface area contributed by atoms with Crippen molar-refractivity contribution in [1.82, 2.24) is 9.97 Å². The van der Waals surface area contributed by atoms with Gasteiger partial charge in [0.1, 0.15) is 5.82 Å². The zero-order chi connectivity index (χ0) is 11.4. The van der Waals surface area contributed by atoms with Crippen LogP contribution in [0.2, 0.25) is 0 Å². The summed E-state index contributed by atoms with van der Waals surface area (Å²) in [6.45, 7) is 2.71. The predicted octanol–water partition coefficient (Wildman–Crippen LogP) is 3.16. The second-order valence-corrected chi connectivity index (χ2v) is 4.45. The quantitative estimate of drug-likeness (QED) is 0.937. The van der Waals surface area contributed by atoms with E-state index in [1.165, 1.54) is 5.56 Å². The van der Waals surface area contributed by atoms with Crippen molar-refractivity contribution in [3.8, 4) is 0 Å². The van der Waals surface area contributed by atoms with Gasteiger partial charge in [-0.1, -0.05) is 17.7 Å². The Labute approximate surface area is 103 Å². The molecule has 0 fully saturated rings. The summed E-state index contributed by atoms with van der Waals surface area (Å²) in [6, 6.07) is 8.25. The van der Waals surface area contributed by atoms with E-state index in [0.29, 0.717) is 6.54 Å². The Bertz CT molecular complexity index is 405. The Hall–Kier alpha value is -1.42. The molecule has 1 aromatic carbocycles. The Balaban J connectivity index is 1.97. The molecule has 0 bridgehead atoms. The van der Waals surface area contributed by atoms with Crippen molar-refractivity contribution < 1.29 is 0 Å². The van der Waals surface area contributed by atoms with Gasteiger partial charge in [0.25, 0.3) is 0 Å². The van der Waals surface area contributed by atoms with Crippen LogP contribution in [0.5, 0.6) is 0 Å². The van der Waals surface area contributed by atoms with Gasteiger partial charge in [0.2, 0.25) is 0 Å². The standard InChI is InChI=1S/C12H12BrN3/c1-9-2-4-11(5-3-9)14-8-12-15-6-10(13)7-16-12/h2-7,14H,8H2,1H3. The number of rotatable bonds is 3. The molecule has 0 radical (unpaired) electrons. The third-order valence-electron chi connectivity index (χ3n) is 2.18. The van der Waals surface area contributed by atoms with Crippen molar-refractivity contribution in [2.75, 3.05) is 5.32 Å². The molecule has 1 heterocycles. The van der Waals surface area contributed by atoms with E-state index < -0.39 is 0 Å². The van der Waals surface area contributed by atoms with Crippen LogP contribution in [0.15, 0.2) is 41.1 Å². The van der Waals surface area contributed by atoms with Gasteiger partial charge >= 0.3 is 0 Å². The summed E-state index contributed by atoms with van der Waals surface area (Å²) in [5, 5.41) is 3.27. The van der Waals surface area contributed by atoms with Crippen molar-refractivity contribution in [2.24, 2.45) is 0 Å². The first-order valence-corrected chi connectivity index (χ1v) is 5.80. The van der Waals surface area contributed by atoms with E-state index in [4.69, 9.17) is 0 Å². The largest absolute Gasteiger partial charge is 0.378 e. The second kappa shape index (κ2) is 5.07. The van der Waals surface area contributed by atoms with E-state index in [-0.39, 0.29) is 0 Å². The van der Waals surface area contributed by atoms with Gasteiger partial charge in [0.05, 0.1) is 11.0 Å². The number of anilines is 1. The molecule has 0 atom stereocenters. The maximum absolute atomic E-state index is 4.19. The minimum Gasteiger partial charge on any atom is -0.378 e. The van der Waals surface area contributed by atoms with Crippen LogP contribution in [-0.4, -0.2) is 9.97 Å². The molecule has 2 rings (SSSR count). The van der Waals surface area contributed by atoms with Crippen LogP contribution in [-0.2, 0) is 6.54 Å². The number of hydrogen-bond acceptors (Lipinski definition) is 3. The van der Waals surface area contributed by atoms with Crippen molar-refractivity contribution >= 4 is 21.6 Å². The fourth-order valence-electron chi connectivity index (χ4n) is 1.28. The van der Waals surface area contributed by atoms with Gasteiger partial charge in [0.15, 0.2) is 0 Å². The molecule has 0 unspecified atom stereocenters. The molecule has 0 amide bonds. The number of hydrogen-bond donors (Lipinski definition) is 1. The number of halogens is 1. The molecule has 0 saturated carbocycles. The summed E-state index contributed by atoms with van der Waals surface area (Å²) >= 11 is 3.30. The Morgan fingerprint density at radius 1 is 1.12 bits per heavy atom. The highest BCUT2D eigenvalue weighted by atomic mass is 79.9. The first kappa shape index (κ1) is 11.1. The van der Waals surface area contributed by atoms with Crippen LogP contribution >= 0.6 is 15.9 Å². The third-order valence-corrected chi connectivity index (χ3v) is 2.59. The molecule has 0 aliphatic heterocycles. The van der Waals surface area contributed by atoms with E-state index in [0.717, 1.165) is 16.0 Å². The highest BCUT2D eigenvalue weighted by Crippen LogP contribution is 2.10. The van der Waals surface area contributed by atoms with Gasteiger partial charge in [-0.2, -0.15) is 0 Å². The Kier molecular flexibility index (Phi) is 3.51. The normalized spacial score (nSPS) is 10.1. The monoisotopic (exact) mass is 277 g/mol. The van der Waals surface area contributed by atoms with Crippen LogP contribution in [0.3, 0.4) is 0 Å². The minimum absolute atomic E-state index is 0.635. The van der Waals surface area contributed by atoms with Gasteiger partial charge < -0.3 is 5.32 Å². The number of aryl methyl sites for hydroxylation is 1. The molecule has 0 aliphatic carbocycles. The number of benzene rings is 1. The molecular formula is C12H12BrN3. The third kappa shape index (κ3) is 3.03. The van der Waals surface area contributed by atoms with Gasteiger partial charge in [-0.25, -0.2) is 9.97 Å². The topological polar surface area (TPSA) is 37.8 Å². The number of nitrogens with one attached hydrogen (secondary N) is 1. The molecule has 4 heteroatoms. The zero-order valence-electron chi connectivity index (χ0n) is 8.94. The highest BCUT2D eigenvalue weighted by molar-refractivity contribution is 9.10. The number of aromatic nitrogens is 2. The highest BCUT2D eigenvalue weighted by Gasteiger charge is 1.96. The van der Waals surface area contributed by atoms with Crippen molar-refractivity contribution in [3.05, 3.63) is 52.5 Å². The smallest absolute Gasteiger partial charge is 0.147 e. The molecule has 3 nitrogen and oxygen atoms in total. The van der Waals surface area contributed by atoms with Crippen molar-refractivity contribution in [2.45, 2.75) is 13.5 Å². The van der Waals surface area contributed by atoms with E-state index >= 15 is 0 Å². The molecule has 16 heavy (non-hydrogen) atoms. The minimum atomic E-state index is 0.635. The fraction of sp³-hybridized carbons (Fsp3) is 0.167. The zero-order valence-corrected chi connectivity index (χ0v) is 10.5. The van der Waals surface area contributed by atoms with E-state index in [1.54, 1.807) is 12.4 Å². The number of nitrogens with zero attached hydrogens (tertiary/aromatic N) is 2. The Morgan fingerprint density at radius 2 is 1.75 bits per heavy atom. The van der Waals surface area contributed by atoms with Crippen molar-refractivity contribution in [3.63, 3.8) is 0 Å². The van der Waals surface area contributed by atoms with Crippen LogP contribution in [0.25, 0.3) is 0 Å². The summed E-state index contributed by atoms with van der Waals surface area (Å²) < 4.78 is 0.895. The molecule has 1 aromatic heterocycles. The van der Waals surface area contributed by atoms with E-state index in [2.05, 4.69) is 50.3 Å². The molecule has 0 aliphatic rings. The summed E-state index contributed by atoms with van der Waals surface area (Å²) in [5.74, 6) is 0.781. The average molecular weight is 278 g/mol. The first-order chi connectivity index (χ1) is 7.74. The van der Waals surface area contributed by atoms with Gasteiger partial charge in [-0.05, 0) is 35.0 Å². The molecule has 0 spiro atoms. The maximum atomic E-state index is 4.19. The van der Waals surface area contributed by atoms with Crippen LogP contribution < -0.4 is 5.32 Å². The summed E-state index contributed by atoms with van der Waals surface area (Å²) in [4.78, 5) is 8.38. The maximum Gasteiger partial charge on any atom is 0.147 e. The molecule has 1 N–H and O–H groups in total. The van der Waals surface area contributed by atoms with E-state index in [1.807, 2.05) is 12.1 Å². The second-order valence-electron chi connectivity index (χ2n) is 3.54. The SMILES string of the molecule is Cc1ccc(NCc2ncc(Br)cn2)cc1. The first-order valence-electron chi connectivity index (χ1n) is 5.01. The molecular weight excluding hydrogens is 266 g/mol. The van der Waals surface area contributed by atoms with Gasteiger partial charge in [-0.15, -0.1) is 0 Å².